The van der Waals surface area contributed by atoms with Crippen molar-refractivity contribution in [2.24, 2.45) is 7.05 Å². The molecule has 2 aromatic rings. The van der Waals surface area contributed by atoms with E-state index in [1.165, 1.54) is 37.9 Å². The van der Waals surface area contributed by atoms with Gasteiger partial charge in [-0.05, 0) is 32.7 Å². The summed E-state index contributed by atoms with van der Waals surface area (Å²) in [7, 11) is 2.07. The molecular formula is C16H25N5. The molecule has 0 spiro atoms. The number of hydrogen-bond acceptors (Lipinski definition) is 3. The van der Waals surface area contributed by atoms with Crippen LogP contribution in [0.5, 0.6) is 0 Å². The van der Waals surface area contributed by atoms with Gasteiger partial charge < -0.3 is 9.13 Å². The Bertz CT molecular complexity index is 538. The standard InChI is InChI=1S/C16H25N5/c1-14-18-15(11-19(14)2)12-21-8-4-3-5-16(21)6-9-20-10-7-17-13-20/h7,10-11,13,16H,3-6,8-9,12H2,1-2H3. The fraction of sp³-hybridized carbons (Fsp3) is 0.625. The molecule has 1 fully saturated rings. The number of piperidine rings is 1. The molecule has 3 rings (SSSR count). The Kier molecular flexibility index (Phi) is 4.39. The summed E-state index contributed by atoms with van der Waals surface area (Å²) in [4.78, 5) is 11.4. The highest BCUT2D eigenvalue weighted by molar-refractivity contribution is 5.03. The highest BCUT2D eigenvalue weighted by Gasteiger charge is 2.23. The number of imidazole rings is 2. The zero-order chi connectivity index (χ0) is 14.7. The van der Waals surface area contributed by atoms with Crippen molar-refractivity contribution in [2.45, 2.75) is 51.7 Å². The van der Waals surface area contributed by atoms with E-state index in [9.17, 15) is 0 Å². The van der Waals surface area contributed by atoms with Crippen molar-refractivity contribution in [3.05, 3.63) is 36.4 Å². The number of aryl methyl sites for hydroxylation is 3. The maximum absolute atomic E-state index is 4.65. The fourth-order valence-electron chi connectivity index (χ4n) is 3.23. The van der Waals surface area contributed by atoms with E-state index in [-0.39, 0.29) is 0 Å². The van der Waals surface area contributed by atoms with Gasteiger partial charge in [0.15, 0.2) is 0 Å². The summed E-state index contributed by atoms with van der Waals surface area (Å²) in [6, 6.07) is 0.670. The van der Waals surface area contributed by atoms with Gasteiger partial charge in [-0.25, -0.2) is 9.97 Å². The summed E-state index contributed by atoms with van der Waals surface area (Å²) < 4.78 is 4.29. The number of nitrogens with zero attached hydrogens (tertiary/aromatic N) is 5. The van der Waals surface area contributed by atoms with Gasteiger partial charge in [-0.15, -0.1) is 0 Å². The average Bonchev–Trinajstić information content (AvgIpc) is 3.09. The third-order valence-electron chi connectivity index (χ3n) is 4.55. The second-order valence-electron chi connectivity index (χ2n) is 6.10. The molecule has 0 bridgehead atoms. The smallest absolute Gasteiger partial charge is 0.105 e. The summed E-state index contributed by atoms with van der Waals surface area (Å²) in [5, 5.41) is 0. The monoisotopic (exact) mass is 287 g/mol. The molecule has 3 heterocycles. The SMILES string of the molecule is Cc1nc(CN2CCCCC2CCn2ccnc2)cn1C. The summed E-state index contributed by atoms with van der Waals surface area (Å²) in [5.41, 5.74) is 1.20. The van der Waals surface area contributed by atoms with Crippen LogP contribution < -0.4 is 0 Å². The molecule has 1 aliphatic heterocycles. The summed E-state index contributed by atoms with van der Waals surface area (Å²) in [6.07, 6.45) is 13.2. The number of likely N-dealkylation sites (tertiary alicyclic amines) is 1. The van der Waals surface area contributed by atoms with Crippen LogP contribution in [0.1, 0.15) is 37.2 Å². The molecule has 1 saturated heterocycles. The lowest BCUT2D eigenvalue weighted by Crippen LogP contribution is -2.39. The molecule has 0 radical (unpaired) electrons. The first-order valence-electron chi connectivity index (χ1n) is 7.91. The van der Waals surface area contributed by atoms with E-state index in [0.717, 1.165) is 18.9 Å². The van der Waals surface area contributed by atoms with Gasteiger partial charge in [0, 0.05) is 44.8 Å². The quantitative estimate of drug-likeness (QED) is 0.847. The minimum Gasteiger partial charge on any atom is -0.338 e. The highest BCUT2D eigenvalue weighted by Crippen LogP contribution is 2.22. The van der Waals surface area contributed by atoms with Crippen LogP contribution in [0.2, 0.25) is 0 Å². The van der Waals surface area contributed by atoms with Crippen LogP contribution in [0.15, 0.2) is 24.9 Å². The topological polar surface area (TPSA) is 38.9 Å². The Morgan fingerprint density at radius 1 is 1.33 bits per heavy atom. The number of rotatable bonds is 5. The highest BCUT2D eigenvalue weighted by atomic mass is 15.2. The Morgan fingerprint density at radius 3 is 2.95 bits per heavy atom. The van der Waals surface area contributed by atoms with Crippen molar-refractivity contribution in [1.82, 2.24) is 24.0 Å². The normalized spacial score (nSPS) is 20.0. The average molecular weight is 287 g/mol. The van der Waals surface area contributed by atoms with Crippen LogP contribution in [0.25, 0.3) is 0 Å². The van der Waals surface area contributed by atoms with Crippen molar-refractivity contribution in [3.8, 4) is 0 Å². The van der Waals surface area contributed by atoms with E-state index in [1.54, 1.807) is 0 Å². The third kappa shape index (κ3) is 3.53. The Balaban J connectivity index is 1.60. The molecule has 0 aromatic carbocycles. The second kappa shape index (κ2) is 6.43. The molecule has 2 aromatic heterocycles. The molecule has 0 amide bonds. The molecule has 21 heavy (non-hydrogen) atoms. The van der Waals surface area contributed by atoms with E-state index in [0.29, 0.717) is 6.04 Å². The lowest BCUT2D eigenvalue weighted by atomic mass is 9.99. The second-order valence-corrected chi connectivity index (χ2v) is 6.10. The molecule has 0 saturated carbocycles. The predicted octanol–water partition coefficient (Wildman–Crippen LogP) is 2.37. The Hall–Kier alpha value is -1.62. The van der Waals surface area contributed by atoms with Gasteiger partial charge in [-0.3, -0.25) is 4.90 Å². The largest absolute Gasteiger partial charge is 0.338 e. The number of aromatic nitrogens is 4. The van der Waals surface area contributed by atoms with Crippen molar-refractivity contribution in [2.75, 3.05) is 6.54 Å². The van der Waals surface area contributed by atoms with Crippen LogP contribution in [0, 0.1) is 6.92 Å². The first-order chi connectivity index (χ1) is 10.2. The third-order valence-corrected chi connectivity index (χ3v) is 4.55. The van der Waals surface area contributed by atoms with Gasteiger partial charge in [-0.1, -0.05) is 6.42 Å². The van der Waals surface area contributed by atoms with Crippen molar-refractivity contribution >= 4 is 0 Å². The summed E-state index contributed by atoms with van der Waals surface area (Å²) in [5.74, 6) is 1.09. The van der Waals surface area contributed by atoms with Crippen LogP contribution in [0.4, 0.5) is 0 Å². The first-order valence-corrected chi connectivity index (χ1v) is 7.91. The van der Waals surface area contributed by atoms with E-state index >= 15 is 0 Å². The van der Waals surface area contributed by atoms with Crippen molar-refractivity contribution < 1.29 is 0 Å². The van der Waals surface area contributed by atoms with Crippen LogP contribution in [-0.4, -0.2) is 36.6 Å². The van der Waals surface area contributed by atoms with Gasteiger partial charge in [-0.2, -0.15) is 0 Å². The zero-order valence-electron chi connectivity index (χ0n) is 13.1. The summed E-state index contributed by atoms with van der Waals surface area (Å²) >= 11 is 0. The van der Waals surface area contributed by atoms with Crippen LogP contribution in [-0.2, 0) is 20.1 Å². The van der Waals surface area contributed by atoms with Crippen molar-refractivity contribution in [1.29, 1.82) is 0 Å². The molecule has 5 heteroatoms. The van der Waals surface area contributed by atoms with Crippen LogP contribution >= 0.6 is 0 Å². The minimum atomic E-state index is 0.670. The maximum atomic E-state index is 4.65. The maximum Gasteiger partial charge on any atom is 0.105 e. The van der Waals surface area contributed by atoms with E-state index in [4.69, 9.17) is 0 Å². The van der Waals surface area contributed by atoms with E-state index < -0.39 is 0 Å². The first kappa shape index (κ1) is 14.3. The van der Waals surface area contributed by atoms with Crippen molar-refractivity contribution in [3.63, 3.8) is 0 Å². The number of hydrogen-bond donors (Lipinski definition) is 0. The molecule has 114 valence electrons. The summed E-state index contributed by atoms with van der Waals surface area (Å²) in [6.45, 7) is 5.30. The molecule has 0 aliphatic carbocycles. The molecule has 5 nitrogen and oxygen atoms in total. The molecule has 1 atom stereocenters. The lowest BCUT2D eigenvalue weighted by Gasteiger charge is -2.35. The molecule has 1 aliphatic rings. The minimum absolute atomic E-state index is 0.670. The Morgan fingerprint density at radius 2 is 2.24 bits per heavy atom. The molecule has 1 unspecified atom stereocenters. The van der Waals surface area contributed by atoms with Crippen LogP contribution in [0.3, 0.4) is 0 Å². The Labute approximate surface area is 126 Å². The van der Waals surface area contributed by atoms with Gasteiger partial charge in [0.05, 0.1) is 12.0 Å². The molecular weight excluding hydrogens is 262 g/mol. The predicted molar refractivity (Wildman–Crippen MR) is 82.8 cm³/mol. The van der Waals surface area contributed by atoms with Gasteiger partial charge in [0.2, 0.25) is 0 Å². The van der Waals surface area contributed by atoms with Gasteiger partial charge in [0.1, 0.15) is 5.82 Å². The van der Waals surface area contributed by atoms with E-state index in [1.807, 2.05) is 12.5 Å². The lowest BCUT2D eigenvalue weighted by molar-refractivity contribution is 0.127. The van der Waals surface area contributed by atoms with Gasteiger partial charge in [0.25, 0.3) is 0 Å². The molecule has 0 N–H and O–H groups in total. The zero-order valence-corrected chi connectivity index (χ0v) is 13.1. The van der Waals surface area contributed by atoms with Gasteiger partial charge >= 0.3 is 0 Å². The van der Waals surface area contributed by atoms with E-state index in [2.05, 4.69) is 50.4 Å². The fourth-order valence-corrected chi connectivity index (χ4v) is 3.23.